The van der Waals surface area contributed by atoms with Crippen LogP contribution >= 0.6 is 11.6 Å². The standard InChI is InChI=1S/C10H9ClN2O2/c1-5(14)6-3-8-9(4-7(6)11)13(2)10(15)12-8/h3-4H,1-2H3,(H,12,15). The average molecular weight is 225 g/mol. The molecule has 5 heteroatoms. The van der Waals surface area contributed by atoms with Gasteiger partial charge in [0.25, 0.3) is 0 Å². The van der Waals surface area contributed by atoms with Gasteiger partial charge in [-0.2, -0.15) is 0 Å². The predicted molar refractivity (Wildman–Crippen MR) is 58.6 cm³/mol. The van der Waals surface area contributed by atoms with E-state index in [0.717, 1.165) is 0 Å². The van der Waals surface area contributed by atoms with Crippen molar-refractivity contribution in [3.8, 4) is 0 Å². The quantitative estimate of drug-likeness (QED) is 0.750. The number of aromatic nitrogens is 2. The van der Waals surface area contributed by atoms with E-state index in [-0.39, 0.29) is 11.5 Å². The zero-order valence-electron chi connectivity index (χ0n) is 8.30. The van der Waals surface area contributed by atoms with Crippen LogP contribution in [0.25, 0.3) is 11.0 Å². The Morgan fingerprint density at radius 3 is 2.73 bits per heavy atom. The molecule has 0 unspecified atom stereocenters. The molecule has 0 aliphatic rings. The Labute approximate surface area is 90.5 Å². The van der Waals surface area contributed by atoms with Crippen LogP contribution in [0.3, 0.4) is 0 Å². The van der Waals surface area contributed by atoms with E-state index < -0.39 is 0 Å². The van der Waals surface area contributed by atoms with Crippen LogP contribution in [0.5, 0.6) is 0 Å². The SMILES string of the molecule is CC(=O)c1cc2[nH]c(=O)n(C)c2cc1Cl. The van der Waals surface area contributed by atoms with Gasteiger partial charge in [-0.05, 0) is 19.1 Å². The molecular weight excluding hydrogens is 216 g/mol. The van der Waals surface area contributed by atoms with Crippen LogP contribution in [0.1, 0.15) is 17.3 Å². The highest BCUT2D eigenvalue weighted by Gasteiger charge is 2.10. The Balaban J connectivity index is 2.88. The number of fused-ring (bicyclic) bond motifs is 1. The fraction of sp³-hybridized carbons (Fsp3) is 0.200. The highest BCUT2D eigenvalue weighted by molar-refractivity contribution is 6.34. The van der Waals surface area contributed by atoms with E-state index >= 15 is 0 Å². The van der Waals surface area contributed by atoms with Crippen LogP contribution in [0, 0.1) is 0 Å². The van der Waals surface area contributed by atoms with Gasteiger partial charge in [0.2, 0.25) is 0 Å². The molecule has 78 valence electrons. The molecule has 0 atom stereocenters. The predicted octanol–water partition coefficient (Wildman–Crippen LogP) is 1.72. The van der Waals surface area contributed by atoms with Gasteiger partial charge in [0, 0.05) is 12.6 Å². The molecule has 0 radical (unpaired) electrons. The summed E-state index contributed by atoms with van der Waals surface area (Å²) >= 11 is 5.93. The van der Waals surface area contributed by atoms with Crippen molar-refractivity contribution in [2.45, 2.75) is 6.92 Å². The summed E-state index contributed by atoms with van der Waals surface area (Å²) in [6, 6.07) is 3.22. The van der Waals surface area contributed by atoms with Crippen molar-refractivity contribution >= 4 is 28.4 Å². The van der Waals surface area contributed by atoms with Crippen LogP contribution in [0.2, 0.25) is 5.02 Å². The fourth-order valence-electron chi connectivity index (χ4n) is 1.52. The second kappa shape index (κ2) is 3.24. The number of imidazole rings is 1. The van der Waals surface area contributed by atoms with Crippen molar-refractivity contribution in [1.82, 2.24) is 9.55 Å². The van der Waals surface area contributed by atoms with E-state index in [1.807, 2.05) is 0 Å². The molecule has 0 aliphatic carbocycles. The number of hydrogen-bond donors (Lipinski definition) is 1. The molecule has 2 aromatic rings. The van der Waals surface area contributed by atoms with Crippen LogP contribution in [-0.4, -0.2) is 15.3 Å². The number of aromatic amines is 1. The van der Waals surface area contributed by atoms with Gasteiger partial charge < -0.3 is 4.98 Å². The van der Waals surface area contributed by atoms with Gasteiger partial charge in [-0.3, -0.25) is 9.36 Å². The molecule has 0 saturated carbocycles. The number of nitrogens with zero attached hydrogens (tertiary/aromatic N) is 1. The maximum absolute atomic E-state index is 11.3. The molecule has 1 aromatic heterocycles. The first-order chi connectivity index (χ1) is 7.00. The molecular formula is C10H9ClN2O2. The number of benzene rings is 1. The van der Waals surface area contributed by atoms with E-state index in [1.165, 1.54) is 11.5 Å². The van der Waals surface area contributed by atoms with E-state index in [4.69, 9.17) is 11.6 Å². The number of ketones is 1. The Morgan fingerprint density at radius 1 is 1.47 bits per heavy atom. The summed E-state index contributed by atoms with van der Waals surface area (Å²) in [6.07, 6.45) is 0. The molecule has 0 bridgehead atoms. The van der Waals surface area contributed by atoms with Crippen LogP contribution in [-0.2, 0) is 7.05 Å². The summed E-state index contributed by atoms with van der Waals surface area (Å²) < 4.78 is 1.45. The number of halogens is 1. The van der Waals surface area contributed by atoms with Gasteiger partial charge in [0.1, 0.15) is 0 Å². The molecule has 15 heavy (non-hydrogen) atoms. The zero-order chi connectivity index (χ0) is 11.2. The summed E-state index contributed by atoms with van der Waals surface area (Å²) in [6.45, 7) is 1.44. The lowest BCUT2D eigenvalue weighted by molar-refractivity contribution is 0.101. The first-order valence-electron chi connectivity index (χ1n) is 4.40. The van der Waals surface area contributed by atoms with Crippen molar-refractivity contribution in [3.63, 3.8) is 0 Å². The summed E-state index contributed by atoms with van der Waals surface area (Å²) in [5, 5.41) is 0.365. The molecule has 0 aliphatic heterocycles. The molecule has 2 rings (SSSR count). The molecule has 0 spiro atoms. The Bertz CT molecular complexity index is 610. The number of carbonyl (C=O) groups is 1. The number of hydrogen-bond acceptors (Lipinski definition) is 2. The van der Waals surface area contributed by atoms with E-state index in [1.54, 1.807) is 19.2 Å². The molecule has 0 fully saturated rings. The van der Waals surface area contributed by atoms with E-state index in [0.29, 0.717) is 21.6 Å². The minimum absolute atomic E-state index is 0.119. The average Bonchev–Trinajstić information content (AvgIpc) is 2.43. The third kappa shape index (κ3) is 1.47. The number of rotatable bonds is 1. The van der Waals surface area contributed by atoms with E-state index in [9.17, 15) is 9.59 Å². The lowest BCUT2D eigenvalue weighted by Crippen LogP contribution is -2.11. The second-order valence-corrected chi connectivity index (χ2v) is 3.80. The number of H-pyrrole nitrogens is 1. The molecule has 0 saturated heterocycles. The van der Waals surface area contributed by atoms with Gasteiger partial charge in [0.15, 0.2) is 5.78 Å². The lowest BCUT2D eigenvalue weighted by atomic mass is 10.1. The van der Waals surface area contributed by atoms with Gasteiger partial charge in [-0.25, -0.2) is 4.79 Å². The molecule has 4 nitrogen and oxygen atoms in total. The number of aryl methyl sites for hydroxylation is 1. The zero-order valence-corrected chi connectivity index (χ0v) is 9.05. The number of nitrogens with one attached hydrogen (secondary N) is 1. The monoisotopic (exact) mass is 224 g/mol. The van der Waals surface area contributed by atoms with Crippen molar-refractivity contribution in [2.24, 2.45) is 7.05 Å². The number of Topliss-reactive ketones (excluding diaryl/α,β-unsaturated/α-hetero) is 1. The fourth-order valence-corrected chi connectivity index (χ4v) is 1.81. The normalized spacial score (nSPS) is 10.9. The summed E-state index contributed by atoms with van der Waals surface area (Å²) in [4.78, 5) is 25.2. The van der Waals surface area contributed by atoms with Gasteiger partial charge in [-0.15, -0.1) is 0 Å². The molecule has 1 aromatic carbocycles. The molecule has 0 amide bonds. The minimum Gasteiger partial charge on any atom is -0.306 e. The van der Waals surface area contributed by atoms with Gasteiger partial charge >= 0.3 is 5.69 Å². The van der Waals surface area contributed by atoms with Crippen LogP contribution < -0.4 is 5.69 Å². The Morgan fingerprint density at radius 2 is 2.13 bits per heavy atom. The smallest absolute Gasteiger partial charge is 0.306 e. The first-order valence-corrected chi connectivity index (χ1v) is 4.77. The van der Waals surface area contributed by atoms with Crippen molar-refractivity contribution < 1.29 is 4.79 Å². The van der Waals surface area contributed by atoms with Crippen LogP contribution in [0.4, 0.5) is 0 Å². The maximum Gasteiger partial charge on any atom is 0.326 e. The Kier molecular flexibility index (Phi) is 2.16. The highest BCUT2D eigenvalue weighted by Crippen LogP contribution is 2.22. The topological polar surface area (TPSA) is 54.9 Å². The van der Waals surface area contributed by atoms with Crippen molar-refractivity contribution in [1.29, 1.82) is 0 Å². The summed E-state index contributed by atoms with van der Waals surface area (Å²) in [5.74, 6) is -0.119. The summed E-state index contributed by atoms with van der Waals surface area (Å²) in [5.41, 5.74) is 1.51. The van der Waals surface area contributed by atoms with E-state index in [2.05, 4.69) is 4.98 Å². The van der Waals surface area contributed by atoms with Gasteiger partial charge in [-0.1, -0.05) is 11.6 Å². The third-order valence-corrected chi connectivity index (χ3v) is 2.68. The lowest BCUT2D eigenvalue weighted by Gasteiger charge is -2.00. The first kappa shape index (κ1) is 9.98. The van der Waals surface area contributed by atoms with Crippen molar-refractivity contribution in [3.05, 3.63) is 33.2 Å². The van der Waals surface area contributed by atoms with Crippen LogP contribution in [0.15, 0.2) is 16.9 Å². The summed E-state index contributed by atoms with van der Waals surface area (Å²) in [7, 11) is 1.64. The molecule has 1 heterocycles. The number of carbonyl (C=O) groups excluding carboxylic acids is 1. The molecule has 1 N–H and O–H groups in total. The second-order valence-electron chi connectivity index (χ2n) is 3.39. The highest BCUT2D eigenvalue weighted by atomic mass is 35.5. The minimum atomic E-state index is -0.221. The van der Waals surface area contributed by atoms with Gasteiger partial charge in [0.05, 0.1) is 16.1 Å². The largest absolute Gasteiger partial charge is 0.326 e. The Hall–Kier alpha value is -1.55. The third-order valence-electron chi connectivity index (χ3n) is 2.37. The maximum atomic E-state index is 11.3. The van der Waals surface area contributed by atoms with Crippen molar-refractivity contribution in [2.75, 3.05) is 0 Å².